The molecule has 4 rings (SSSR count). The van der Waals surface area contributed by atoms with Crippen LogP contribution in [0, 0.1) is 0 Å². The molecule has 2 heterocycles. The predicted molar refractivity (Wildman–Crippen MR) is 111 cm³/mol. The number of para-hydroxylation sites is 1. The van der Waals surface area contributed by atoms with E-state index in [9.17, 15) is 0 Å². The lowest BCUT2D eigenvalue weighted by Crippen LogP contribution is -1.99. The maximum atomic E-state index is 6.19. The number of pyridine rings is 1. The summed E-state index contributed by atoms with van der Waals surface area (Å²) >= 11 is 7.73. The molecule has 0 spiro atoms. The Bertz CT molecular complexity index is 1040. The third kappa shape index (κ3) is 4.71. The fraction of sp³-hybridized carbons (Fsp3) is 0.0952. The van der Waals surface area contributed by atoms with Crippen LogP contribution in [0.25, 0.3) is 5.69 Å². The molecule has 0 saturated carbocycles. The van der Waals surface area contributed by atoms with Gasteiger partial charge in [-0.15, -0.1) is 5.10 Å². The summed E-state index contributed by atoms with van der Waals surface area (Å²) in [5.41, 5.74) is 2.99. The highest BCUT2D eigenvalue weighted by Gasteiger charge is 2.09. The first-order valence-electron chi connectivity index (χ1n) is 8.68. The largest absolute Gasteiger partial charge is 0.489 e. The van der Waals surface area contributed by atoms with Crippen LogP contribution in [0.5, 0.6) is 5.75 Å². The zero-order valence-electron chi connectivity index (χ0n) is 14.9. The van der Waals surface area contributed by atoms with Gasteiger partial charge in [-0.1, -0.05) is 47.6 Å². The third-order valence-electron chi connectivity index (χ3n) is 3.99. The Morgan fingerprint density at radius 1 is 1.04 bits per heavy atom. The van der Waals surface area contributed by atoms with Crippen molar-refractivity contribution in [3.63, 3.8) is 0 Å². The second-order valence-corrected chi connectivity index (χ2v) is 7.38. The van der Waals surface area contributed by atoms with Crippen LogP contribution in [0.4, 0.5) is 0 Å². The summed E-state index contributed by atoms with van der Waals surface area (Å²) in [7, 11) is 0. The van der Waals surface area contributed by atoms with Crippen molar-refractivity contribution in [2.75, 3.05) is 0 Å². The molecule has 5 nitrogen and oxygen atoms in total. The fourth-order valence-electron chi connectivity index (χ4n) is 2.61. The van der Waals surface area contributed by atoms with Crippen molar-refractivity contribution in [1.29, 1.82) is 0 Å². The molecule has 0 fully saturated rings. The number of nitrogens with zero attached hydrogens (tertiary/aromatic N) is 4. The number of ether oxygens (including phenoxy) is 1. The van der Waals surface area contributed by atoms with Crippen molar-refractivity contribution in [3.8, 4) is 11.4 Å². The summed E-state index contributed by atoms with van der Waals surface area (Å²) < 4.78 is 7.75. The smallest absolute Gasteiger partial charge is 0.209 e. The van der Waals surface area contributed by atoms with Crippen molar-refractivity contribution in [2.24, 2.45) is 0 Å². The van der Waals surface area contributed by atoms with E-state index in [0.717, 1.165) is 22.6 Å². The average Bonchev–Trinajstić information content (AvgIpc) is 3.22. The van der Waals surface area contributed by atoms with E-state index in [0.29, 0.717) is 22.5 Å². The highest BCUT2D eigenvalue weighted by Crippen LogP contribution is 2.29. The van der Waals surface area contributed by atoms with Gasteiger partial charge in [0.15, 0.2) is 0 Å². The minimum Gasteiger partial charge on any atom is -0.489 e. The van der Waals surface area contributed by atoms with Gasteiger partial charge in [-0.05, 0) is 36.4 Å². The van der Waals surface area contributed by atoms with E-state index in [1.807, 2.05) is 60.7 Å². The lowest BCUT2D eigenvalue weighted by Gasteiger charge is -2.11. The van der Waals surface area contributed by atoms with Crippen molar-refractivity contribution < 1.29 is 4.74 Å². The average molecular weight is 409 g/mol. The Balaban J connectivity index is 1.44. The molecule has 0 unspecified atom stereocenters. The van der Waals surface area contributed by atoms with Crippen LogP contribution < -0.4 is 4.74 Å². The molecule has 2 aromatic carbocycles. The number of hydrogen-bond acceptors (Lipinski definition) is 5. The van der Waals surface area contributed by atoms with Crippen LogP contribution in [-0.2, 0) is 12.4 Å². The minimum atomic E-state index is 0.452. The van der Waals surface area contributed by atoms with Gasteiger partial charge in [0.25, 0.3) is 0 Å². The van der Waals surface area contributed by atoms with E-state index in [1.54, 1.807) is 23.4 Å². The Labute approximate surface area is 172 Å². The summed E-state index contributed by atoms with van der Waals surface area (Å²) in [6, 6.07) is 19.4. The molecule has 140 valence electrons. The lowest BCUT2D eigenvalue weighted by molar-refractivity contribution is 0.303. The normalized spacial score (nSPS) is 10.8. The van der Waals surface area contributed by atoms with Crippen molar-refractivity contribution >= 4 is 23.4 Å². The summed E-state index contributed by atoms with van der Waals surface area (Å²) in [6.45, 7) is 0.452. The van der Waals surface area contributed by atoms with Crippen molar-refractivity contribution in [3.05, 3.63) is 95.5 Å². The van der Waals surface area contributed by atoms with Gasteiger partial charge >= 0.3 is 0 Å². The highest BCUT2D eigenvalue weighted by molar-refractivity contribution is 7.98. The zero-order valence-corrected chi connectivity index (χ0v) is 16.5. The Morgan fingerprint density at radius 3 is 2.75 bits per heavy atom. The van der Waals surface area contributed by atoms with E-state index < -0.39 is 0 Å². The Hall–Kier alpha value is -2.83. The maximum Gasteiger partial charge on any atom is 0.209 e. The Morgan fingerprint density at radius 2 is 1.93 bits per heavy atom. The molecule has 0 aliphatic rings. The number of benzene rings is 2. The molecule has 0 bridgehead atoms. The van der Waals surface area contributed by atoms with Crippen LogP contribution in [0.2, 0.25) is 5.02 Å². The van der Waals surface area contributed by atoms with E-state index in [2.05, 4.69) is 15.1 Å². The van der Waals surface area contributed by atoms with Crippen LogP contribution in [0.1, 0.15) is 11.1 Å². The molecular formula is C21H17ClN4OS. The number of aromatic nitrogens is 4. The second kappa shape index (κ2) is 8.91. The van der Waals surface area contributed by atoms with Gasteiger partial charge in [0.05, 0.1) is 5.69 Å². The number of halogens is 1. The van der Waals surface area contributed by atoms with Gasteiger partial charge < -0.3 is 4.74 Å². The molecule has 0 N–H and O–H groups in total. The standard InChI is InChI=1S/C21H17ClN4OS/c22-18-8-9-20(27-13-16-5-4-10-23-12-16)17(11-18)14-28-21-24-15-26(25-21)19-6-2-1-3-7-19/h1-12,15H,13-14H2. The summed E-state index contributed by atoms with van der Waals surface area (Å²) in [5.74, 6) is 1.45. The number of thioether (sulfide) groups is 1. The molecule has 0 atom stereocenters. The molecule has 28 heavy (non-hydrogen) atoms. The van der Waals surface area contributed by atoms with E-state index in [1.165, 1.54) is 11.8 Å². The molecule has 2 aromatic heterocycles. The van der Waals surface area contributed by atoms with Gasteiger partial charge in [0.2, 0.25) is 5.16 Å². The highest BCUT2D eigenvalue weighted by atomic mass is 35.5. The monoisotopic (exact) mass is 408 g/mol. The first kappa shape index (κ1) is 18.5. The predicted octanol–water partition coefficient (Wildman–Crippen LogP) is 5.19. The number of hydrogen-bond donors (Lipinski definition) is 0. The van der Waals surface area contributed by atoms with Crippen LogP contribution in [0.3, 0.4) is 0 Å². The molecule has 7 heteroatoms. The topological polar surface area (TPSA) is 52.8 Å². The van der Waals surface area contributed by atoms with E-state index >= 15 is 0 Å². The molecular weight excluding hydrogens is 392 g/mol. The fourth-order valence-corrected chi connectivity index (χ4v) is 3.58. The van der Waals surface area contributed by atoms with Gasteiger partial charge in [-0.25, -0.2) is 9.67 Å². The van der Waals surface area contributed by atoms with Crippen LogP contribution >= 0.6 is 23.4 Å². The molecule has 0 aliphatic heterocycles. The first-order chi connectivity index (χ1) is 13.8. The zero-order chi connectivity index (χ0) is 19.2. The SMILES string of the molecule is Clc1ccc(OCc2cccnc2)c(CSc2ncn(-c3ccccc3)n2)c1. The van der Waals surface area contributed by atoms with Crippen LogP contribution in [-0.4, -0.2) is 19.7 Å². The van der Waals surface area contributed by atoms with Crippen molar-refractivity contribution in [1.82, 2.24) is 19.7 Å². The van der Waals surface area contributed by atoms with Gasteiger partial charge in [-0.3, -0.25) is 4.98 Å². The van der Waals surface area contributed by atoms with Crippen LogP contribution in [0.15, 0.2) is 84.5 Å². The summed E-state index contributed by atoms with van der Waals surface area (Å²) in [6.07, 6.45) is 5.26. The minimum absolute atomic E-state index is 0.452. The van der Waals surface area contributed by atoms with Gasteiger partial charge in [-0.2, -0.15) is 0 Å². The quantitative estimate of drug-likeness (QED) is 0.394. The molecule has 0 aliphatic carbocycles. The second-order valence-electron chi connectivity index (χ2n) is 6.00. The summed E-state index contributed by atoms with van der Waals surface area (Å²) in [5, 5.41) is 5.90. The molecule has 0 radical (unpaired) electrons. The van der Waals surface area contributed by atoms with Gasteiger partial charge in [0, 0.05) is 34.3 Å². The van der Waals surface area contributed by atoms with E-state index in [4.69, 9.17) is 16.3 Å². The first-order valence-corrected chi connectivity index (χ1v) is 10.0. The lowest BCUT2D eigenvalue weighted by atomic mass is 10.2. The molecule has 0 saturated heterocycles. The van der Waals surface area contributed by atoms with Gasteiger partial charge in [0.1, 0.15) is 18.7 Å². The third-order valence-corrected chi connectivity index (χ3v) is 5.12. The maximum absolute atomic E-state index is 6.19. The Kier molecular flexibility index (Phi) is 5.89. The number of rotatable bonds is 7. The summed E-state index contributed by atoms with van der Waals surface area (Å²) in [4.78, 5) is 8.50. The van der Waals surface area contributed by atoms with Crippen molar-refractivity contribution in [2.45, 2.75) is 17.5 Å². The molecule has 0 amide bonds. The molecule has 4 aromatic rings. The van der Waals surface area contributed by atoms with E-state index in [-0.39, 0.29) is 0 Å².